The summed E-state index contributed by atoms with van der Waals surface area (Å²) >= 11 is 5.92. The molecule has 5 nitrogen and oxygen atoms in total. The second-order valence-electron chi connectivity index (χ2n) is 6.29. The monoisotopic (exact) mass is 385 g/mol. The number of benzene rings is 1. The van der Waals surface area contributed by atoms with Gasteiger partial charge in [-0.15, -0.1) is 0 Å². The van der Waals surface area contributed by atoms with E-state index in [1.807, 2.05) is 44.2 Å². The maximum Gasteiger partial charge on any atom is 0.374 e. The number of esters is 1. The quantitative estimate of drug-likeness (QED) is 0.439. The van der Waals surface area contributed by atoms with E-state index < -0.39 is 5.97 Å². The molecule has 0 aliphatic carbocycles. The SMILES string of the molecule is Cc1cc(C(=O)COC(=O)c2ccco2)c(C)n1CCc1ccc(Cl)cc1. The van der Waals surface area contributed by atoms with Crippen LogP contribution in [-0.2, 0) is 17.7 Å². The smallest absolute Gasteiger partial charge is 0.374 e. The summed E-state index contributed by atoms with van der Waals surface area (Å²) in [6, 6.07) is 12.7. The van der Waals surface area contributed by atoms with E-state index in [0.717, 1.165) is 24.4 Å². The lowest BCUT2D eigenvalue weighted by molar-refractivity contribution is 0.0444. The first-order chi connectivity index (χ1) is 13.0. The summed E-state index contributed by atoms with van der Waals surface area (Å²) in [4.78, 5) is 24.3. The number of ether oxygens (including phenoxy) is 1. The molecule has 3 rings (SSSR count). The molecule has 0 saturated heterocycles. The van der Waals surface area contributed by atoms with Crippen molar-refractivity contribution < 1.29 is 18.7 Å². The molecule has 0 aliphatic rings. The first kappa shape index (κ1) is 19.0. The number of carbonyl (C=O) groups excluding carboxylic acids is 2. The Balaban J connectivity index is 1.64. The zero-order valence-electron chi connectivity index (χ0n) is 15.2. The predicted octanol–water partition coefficient (Wildman–Crippen LogP) is 4.63. The minimum absolute atomic E-state index is 0.0798. The molecule has 0 unspecified atom stereocenters. The fourth-order valence-corrected chi connectivity index (χ4v) is 3.12. The minimum Gasteiger partial charge on any atom is -0.457 e. The van der Waals surface area contributed by atoms with Gasteiger partial charge < -0.3 is 13.7 Å². The number of hydrogen-bond donors (Lipinski definition) is 0. The Morgan fingerprint density at radius 1 is 1.15 bits per heavy atom. The molecule has 3 aromatic rings. The number of carbonyl (C=O) groups is 2. The van der Waals surface area contributed by atoms with E-state index in [4.69, 9.17) is 20.8 Å². The molecule has 0 fully saturated rings. The van der Waals surface area contributed by atoms with Crippen LogP contribution in [0.4, 0.5) is 0 Å². The Bertz CT molecular complexity index is 939. The normalized spacial score (nSPS) is 10.8. The van der Waals surface area contributed by atoms with Gasteiger partial charge in [0, 0.05) is 28.5 Å². The Kier molecular flexibility index (Phi) is 5.81. The molecule has 6 heteroatoms. The Morgan fingerprint density at radius 3 is 2.56 bits per heavy atom. The van der Waals surface area contributed by atoms with Crippen LogP contribution >= 0.6 is 11.6 Å². The van der Waals surface area contributed by atoms with E-state index in [0.29, 0.717) is 10.6 Å². The summed E-state index contributed by atoms with van der Waals surface area (Å²) in [6.45, 7) is 4.29. The van der Waals surface area contributed by atoms with Crippen LogP contribution in [0, 0.1) is 13.8 Å². The van der Waals surface area contributed by atoms with Crippen LogP contribution in [0.15, 0.2) is 53.1 Å². The number of furan rings is 1. The van der Waals surface area contributed by atoms with Crippen molar-refractivity contribution in [3.8, 4) is 0 Å². The molecule has 0 amide bonds. The molecule has 0 aliphatic heterocycles. The van der Waals surface area contributed by atoms with Gasteiger partial charge in [0.15, 0.2) is 6.61 Å². The average Bonchev–Trinajstić information content (AvgIpc) is 3.28. The highest BCUT2D eigenvalue weighted by Gasteiger charge is 2.18. The average molecular weight is 386 g/mol. The topological polar surface area (TPSA) is 61.4 Å². The van der Waals surface area contributed by atoms with E-state index in [9.17, 15) is 9.59 Å². The highest BCUT2D eigenvalue weighted by atomic mass is 35.5. The van der Waals surface area contributed by atoms with Crippen molar-refractivity contribution in [2.45, 2.75) is 26.8 Å². The number of aryl methyl sites for hydroxylation is 2. The highest BCUT2D eigenvalue weighted by Crippen LogP contribution is 2.18. The van der Waals surface area contributed by atoms with E-state index in [2.05, 4.69) is 4.57 Å². The van der Waals surface area contributed by atoms with Crippen molar-refractivity contribution in [1.82, 2.24) is 4.57 Å². The van der Waals surface area contributed by atoms with Gasteiger partial charge in [0.05, 0.1) is 6.26 Å². The predicted molar refractivity (Wildman–Crippen MR) is 102 cm³/mol. The highest BCUT2D eigenvalue weighted by molar-refractivity contribution is 6.30. The van der Waals surface area contributed by atoms with E-state index >= 15 is 0 Å². The number of hydrogen-bond acceptors (Lipinski definition) is 4. The van der Waals surface area contributed by atoms with Crippen molar-refractivity contribution in [2.75, 3.05) is 6.61 Å². The van der Waals surface area contributed by atoms with Gasteiger partial charge in [-0.2, -0.15) is 0 Å². The largest absolute Gasteiger partial charge is 0.457 e. The molecule has 0 bridgehead atoms. The van der Waals surface area contributed by atoms with Crippen molar-refractivity contribution in [3.05, 3.63) is 82.0 Å². The first-order valence-electron chi connectivity index (χ1n) is 8.60. The summed E-state index contributed by atoms with van der Waals surface area (Å²) in [6.07, 6.45) is 2.21. The molecule has 0 saturated carbocycles. The van der Waals surface area contributed by atoms with Gasteiger partial charge in [-0.1, -0.05) is 23.7 Å². The fraction of sp³-hybridized carbons (Fsp3) is 0.238. The summed E-state index contributed by atoms with van der Waals surface area (Å²) in [5, 5.41) is 0.712. The van der Waals surface area contributed by atoms with Gasteiger partial charge in [0.1, 0.15) is 0 Å². The number of nitrogens with zero attached hydrogens (tertiary/aromatic N) is 1. The van der Waals surface area contributed by atoms with Gasteiger partial charge >= 0.3 is 5.97 Å². The minimum atomic E-state index is -0.648. The molecule has 1 aromatic carbocycles. The van der Waals surface area contributed by atoms with Crippen LogP contribution in [0.25, 0.3) is 0 Å². The molecule has 140 valence electrons. The number of rotatable bonds is 7. The Morgan fingerprint density at radius 2 is 1.89 bits per heavy atom. The van der Waals surface area contributed by atoms with Crippen LogP contribution in [0.2, 0.25) is 5.02 Å². The number of Topliss-reactive ketones (excluding diaryl/α,β-unsaturated/α-hetero) is 1. The van der Waals surface area contributed by atoms with E-state index in [-0.39, 0.29) is 18.2 Å². The van der Waals surface area contributed by atoms with E-state index in [1.54, 1.807) is 6.07 Å². The zero-order valence-corrected chi connectivity index (χ0v) is 16.0. The Hall–Kier alpha value is -2.79. The molecule has 2 heterocycles. The van der Waals surface area contributed by atoms with Gasteiger partial charge in [0.25, 0.3) is 0 Å². The van der Waals surface area contributed by atoms with Crippen LogP contribution in [-0.4, -0.2) is 22.9 Å². The third-order valence-corrected chi connectivity index (χ3v) is 4.72. The third-order valence-electron chi connectivity index (χ3n) is 4.47. The van der Waals surface area contributed by atoms with Gasteiger partial charge in [-0.25, -0.2) is 4.79 Å². The van der Waals surface area contributed by atoms with Crippen LogP contribution in [0.5, 0.6) is 0 Å². The van der Waals surface area contributed by atoms with Crippen LogP contribution in [0.1, 0.15) is 37.9 Å². The molecule has 0 spiro atoms. The number of halogens is 1. The maximum absolute atomic E-state index is 12.5. The molecule has 27 heavy (non-hydrogen) atoms. The van der Waals surface area contributed by atoms with Crippen molar-refractivity contribution in [2.24, 2.45) is 0 Å². The lowest BCUT2D eigenvalue weighted by Crippen LogP contribution is -2.15. The second-order valence-corrected chi connectivity index (χ2v) is 6.73. The first-order valence-corrected chi connectivity index (χ1v) is 8.98. The van der Waals surface area contributed by atoms with Crippen molar-refractivity contribution in [1.29, 1.82) is 0 Å². The number of ketones is 1. The Labute approximate surface area is 162 Å². The third kappa shape index (κ3) is 4.49. The van der Waals surface area contributed by atoms with Crippen LogP contribution in [0.3, 0.4) is 0 Å². The molecule has 0 atom stereocenters. The standard InChI is InChI=1S/C21H20ClNO4/c1-14-12-18(19(24)13-27-21(25)20-4-3-11-26-20)15(2)23(14)10-9-16-5-7-17(22)8-6-16/h3-8,11-12H,9-10,13H2,1-2H3. The fourth-order valence-electron chi connectivity index (χ4n) is 2.99. The summed E-state index contributed by atoms with van der Waals surface area (Å²) < 4.78 is 12.1. The molecular formula is C21H20ClNO4. The lowest BCUT2D eigenvalue weighted by Gasteiger charge is -2.10. The van der Waals surface area contributed by atoms with Gasteiger partial charge in [-0.3, -0.25) is 4.79 Å². The molecular weight excluding hydrogens is 366 g/mol. The van der Waals surface area contributed by atoms with Crippen LogP contribution < -0.4 is 0 Å². The maximum atomic E-state index is 12.5. The summed E-state index contributed by atoms with van der Waals surface area (Å²) in [5.74, 6) is -0.804. The number of aromatic nitrogens is 1. The zero-order chi connectivity index (χ0) is 19.4. The van der Waals surface area contributed by atoms with E-state index in [1.165, 1.54) is 17.9 Å². The molecule has 0 N–H and O–H groups in total. The summed E-state index contributed by atoms with van der Waals surface area (Å²) in [7, 11) is 0. The van der Waals surface area contributed by atoms with Crippen molar-refractivity contribution >= 4 is 23.4 Å². The summed E-state index contributed by atoms with van der Waals surface area (Å²) in [5.41, 5.74) is 3.59. The van der Waals surface area contributed by atoms with Crippen molar-refractivity contribution in [3.63, 3.8) is 0 Å². The molecule has 2 aromatic heterocycles. The molecule has 0 radical (unpaired) electrons. The second kappa shape index (κ2) is 8.27. The van der Waals surface area contributed by atoms with Gasteiger partial charge in [-0.05, 0) is 56.2 Å². The lowest BCUT2D eigenvalue weighted by atomic mass is 10.1. The van der Waals surface area contributed by atoms with Gasteiger partial charge in [0.2, 0.25) is 11.5 Å².